The van der Waals surface area contributed by atoms with E-state index in [-0.39, 0.29) is 0 Å². The van der Waals surface area contributed by atoms with Crippen molar-refractivity contribution in [3.63, 3.8) is 0 Å². The molecule has 0 radical (unpaired) electrons. The third kappa shape index (κ3) is 9.96. The predicted octanol–water partition coefficient (Wildman–Crippen LogP) is 2.03. The normalized spacial score (nSPS) is 14.9. The zero-order chi connectivity index (χ0) is 28.1. The summed E-state index contributed by atoms with van der Waals surface area (Å²) in [4.78, 5) is 37.1. The number of carboxylic acids is 3. The number of aliphatic hydroxyl groups is 1. The van der Waals surface area contributed by atoms with Crippen LogP contribution < -0.4 is 9.47 Å². The van der Waals surface area contributed by atoms with Gasteiger partial charge in [-0.1, -0.05) is 12.1 Å². The average molecular weight is 535 g/mol. The van der Waals surface area contributed by atoms with Crippen LogP contribution in [-0.2, 0) is 32.2 Å². The number of rotatable bonds is 13. The second kappa shape index (κ2) is 14.9. The van der Waals surface area contributed by atoms with Crippen LogP contribution in [0.15, 0.2) is 42.7 Å². The summed E-state index contributed by atoms with van der Waals surface area (Å²) in [7, 11) is 3.37. The molecule has 0 saturated carbocycles. The Morgan fingerprint density at radius 1 is 1.08 bits per heavy atom. The number of aromatic nitrogens is 1. The number of carbonyl (C=O) groups is 3. The topological polar surface area (TPSA) is 176 Å². The molecule has 2 heterocycles. The lowest BCUT2D eigenvalue weighted by Crippen LogP contribution is -2.42. The highest BCUT2D eigenvalue weighted by Gasteiger charge is 2.40. The molecule has 1 unspecified atom stereocenters. The van der Waals surface area contributed by atoms with E-state index in [1.807, 2.05) is 24.4 Å². The molecule has 1 atom stereocenters. The number of aliphatic carboxylic acids is 3. The molecule has 0 aliphatic carbocycles. The molecule has 1 fully saturated rings. The first kappa shape index (κ1) is 30.5. The van der Waals surface area contributed by atoms with Gasteiger partial charge in [-0.05, 0) is 30.5 Å². The summed E-state index contributed by atoms with van der Waals surface area (Å²) in [6, 6.07) is 10.1. The van der Waals surface area contributed by atoms with Crippen molar-refractivity contribution < 1.29 is 49.0 Å². The summed E-state index contributed by atoms with van der Waals surface area (Å²) >= 11 is 0. The van der Waals surface area contributed by atoms with Gasteiger partial charge >= 0.3 is 17.9 Å². The fraction of sp³-hybridized carbons (Fsp3) is 0.462. The highest BCUT2D eigenvalue weighted by atomic mass is 16.5. The van der Waals surface area contributed by atoms with E-state index in [4.69, 9.17) is 34.6 Å². The largest absolute Gasteiger partial charge is 0.497 e. The van der Waals surface area contributed by atoms with Crippen molar-refractivity contribution in [3.05, 3.63) is 53.9 Å². The molecule has 12 nitrogen and oxygen atoms in total. The minimum absolute atomic E-state index is 0.306. The standard InChI is InChI=1S/C20H26N2O3.C6H8O7/c1-23-18-8-7-17(20(11-18)24-2)14-22(15-19-6-4-10-25-19)13-16-5-3-9-21-12-16;7-3(8)1-6(13,5(11)12)2-4(9)10/h3,5,7-9,11-12,19H,4,6,10,13-15H2,1-2H3;13H,1-2H2,(H,7,8)(H,9,10)(H,11,12). The van der Waals surface area contributed by atoms with Gasteiger partial charge in [-0.2, -0.15) is 0 Å². The van der Waals surface area contributed by atoms with E-state index in [1.54, 1.807) is 20.4 Å². The van der Waals surface area contributed by atoms with Gasteiger partial charge in [0.05, 0.1) is 33.2 Å². The average Bonchev–Trinajstić information content (AvgIpc) is 3.37. The first-order valence-corrected chi connectivity index (χ1v) is 11.9. The van der Waals surface area contributed by atoms with E-state index >= 15 is 0 Å². The SMILES string of the molecule is COc1ccc(CN(Cc2cccnc2)CC2CCCO2)c(OC)c1.O=C(O)CC(O)(CC(=O)O)C(=O)O. The van der Waals surface area contributed by atoms with Gasteiger partial charge in [-0.3, -0.25) is 19.5 Å². The highest BCUT2D eigenvalue weighted by molar-refractivity contribution is 5.88. The number of carboxylic acid groups (broad SMARTS) is 3. The van der Waals surface area contributed by atoms with Crippen molar-refractivity contribution in [3.8, 4) is 11.5 Å². The van der Waals surface area contributed by atoms with Gasteiger partial charge in [-0.25, -0.2) is 4.79 Å². The van der Waals surface area contributed by atoms with Gasteiger partial charge in [0.2, 0.25) is 0 Å². The number of benzene rings is 1. The Morgan fingerprint density at radius 3 is 2.29 bits per heavy atom. The monoisotopic (exact) mass is 534 g/mol. The molecule has 0 bridgehead atoms. The smallest absolute Gasteiger partial charge is 0.336 e. The predicted molar refractivity (Wildman–Crippen MR) is 134 cm³/mol. The lowest BCUT2D eigenvalue weighted by molar-refractivity contribution is -0.170. The zero-order valence-electron chi connectivity index (χ0n) is 21.4. The minimum Gasteiger partial charge on any atom is -0.497 e. The zero-order valence-corrected chi connectivity index (χ0v) is 21.4. The lowest BCUT2D eigenvalue weighted by Gasteiger charge is -2.26. The van der Waals surface area contributed by atoms with Crippen molar-refractivity contribution in [1.82, 2.24) is 9.88 Å². The van der Waals surface area contributed by atoms with Crippen molar-refractivity contribution in [2.45, 2.75) is 50.5 Å². The van der Waals surface area contributed by atoms with Crippen molar-refractivity contribution in [2.24, 2.45) is 0 Å². The summed E-state index contributed by atoms with van der Waals surface area (Å²) in [6.45, 7) is 3.41. The van der Waals surface area contributed by atoms with E-state index in [9.17, 15) is 14.4 Å². The Hall–Kier alpha value is -3.74. The molecule has 1 aromatic heterocycles. The van der Waals surface area contributed by atoms with Gasteiger partial charge in [0.25, 0.3) is 0 Å². The number of ether oxygens (including phenoxy) is 3. The van der Waals surface area contributed by atoms with Crippen LogP contribution in [0.1, 0.15) is 36.8 Å². The Morgan fingerprint density at radius 2 is 1.79 bits per heavy atom. The molecule has 1 aliphatic rings. The fourth-order valence-electron chi connectivity index (χ4n) is 3.95. The molecule has 0 amide bonds. The summed E-state index contributed by atoms with van der Waals surface area (Å²) in [5, 5.41) is 33.8. The van der Waals surface area contributed by atoms with Gasteiger partial charge in [-0.15, -0.1) is 0 Å². The molecule has 1 saturated heterocycles. The first-order chi connectivity index (χ1) is 18.1. The van der Waals surface area contributed by atoms with Crippen LogP contribution in [0.3, 0.4) is 0 Å². The maximum Gasteiger partial charge on any atom is 0.336 e. The van der Waals surface area contributed by atoms with Crippen LogP contribution >= 0.6 is 0 Å². The van der Waals surface area contributed by atoms with E-state index in [0.717, 1.165) is 56.1 Å². The number of hydrogen-bond acceptors (Lipinski definition) is 9. The maximum atomic E-state index is 10.3. The molecule has 2 aromatic rings. The van der Waals surface area contributed by atoms with Gasteiger partial charge in [0, 0.05) is 50.3 Å². The van der Waals surface area contributed by atoms with Crippen LogP contribution in [-0.4, -0.2) is 87.3 Å². The second-order valence-corrected chi connectivity index (χ2v) is 8.82. The fourth-order valence-corrected chi connectivity index (χ4v) is 3.95. The molecule has 1 aromatic carbocycles. The molecule has 12 heteroatoms. The third-order valence-corrected chi connectivity index (χ3v) is 5.79. The van der Waals surface area contributed by atoms with Gasteiger partial charge < -0.3 is 34.6 Å². The van der Waals surface area contributed by atoms with Crippen molar-refractivity contribution >= 4 is 17.9 Å². The first-order valence-electron chi connectivity index (χ1n) is 11.9. The van der Waals surface area contributed by atoms with E-state index < -0.39 is 36.4 Å². The lowest BCUT2D eigenvalue weighted by atomic mass is 9.96. The minimum atomic E-state index is -2.74. The summed E-state index contributed by atoms with van der Waals surface area (Å²) in [5.74, 6) is -3.36. The summed E-state index contributed by atoms with van der Waals surface area (Å²) in [6.07, 6.45) is 4.03. The number of nitrogens with zero attached hydrogens (tertiary/aromatic N) is 2. The molecule has 4 N–H and O–H groups in total. The Bertz CT molecular complexity index is 1040. The Balaban J connectivity index is 0.000000332. The van der Waals surface area contributed by atoms with E-state index in [1.165, 1.54) is 5.56 Å². The van der Waals surface area contributed by atoms with Crippen molar-refractivity contribution in [1.29, 1.82) is 0 Å². The molecule has 0 spiro atoms. The Kier molecular flexibility index (Phi) is 11.9. The van der Waals surface area contributed by atoms with Gasteiger partial charge in [0.1, 0.15) is 11.5 Å². The van der Waals surface area contributed by atoms with Crippen LogP contribution in [0.4, 0.5) is 0 Å². The third-order valence-electron chi connectivity index (χ3n) is 5.79. The van der Waals surface area contributed by atoms with Crippen LogP contribution in [0.5, 0.6) is 11.5 Å². The summed E-state index contributed by atoms with van der Waals surface area (Å²) in [5.41, 5.74) is -0.393. The number of methoxy groups -OCH3 is 2. The maximum absolute atomic E-state index is 10.3. The van der Waals surface area contributed by atoms with Gasteiger partial charge in [0.15, 0.2) is 5.60 Å². The van der Waals surface area contributed by atoms with E-state index in [2.05, 4.69) is 22.0 Å². The Labute approximate surface area is 220 Å². The van der Waals surface area contributed by atoms with Crippen LogP contribution in [0.25, 0.3) is 0 Å². The number of hydrogen-bond donors (Lipinski definition) is 4. The van der Waals surface area contributed by atoms with Crippen LogP contribution in [0.2, 0.25) is 0 Å². The number of pyridine rings is 1. The van der Waals surface area contributed by atoms with E-state index in [0.29, 0.717) is 6.10 Å². The molecule has 1 aliphatic heterocycles. The van der Waals surface area contributed by atoms with Crippen LogP contribution in [0, 0.1) is 0 Å². The van der Waals surface area contributed by atoms with Crippen molar-refractivity contribution in [2.75, 3.05) is 27.4 Å². The second-order valence-electron chi connectivity index (χ2n) is 8.82. The molecule has 38 heavy (non-hydrogen) atoms. The molecular formula is C26H34N2O10. The molecule has 208 valence electrons. The quantitative estimate of drug-likeness (QED) is 0.295. The molecular weight excluding hydrogens is 500 g/mol. The molecule has 3 rings (SSSR count). The summed E-state index contributed by atoms with van der Waals surface area (Å²) < 4.78 is 16.7. The highest BCUT2D eigenvalue weighted by Crippen LogP contribution is 2.27.